The number of benzene rings is 1. The molecule has 0 amide bonds. The Hall–Kier alpha value is -1.82. The van der Waals surface area contributed by atoms with Crippen LogP contribution in [0.5, 0.6) is 5.75 Å². The number of halogens is 1. The minimum atomic E-state index is -0.330. The Morgan fingerprint density at radius 2 is 2.08 bits per heavy atom. The Balaban J connectivity index is 1.56. The van der Waals surface area contributed by atoms with E-state index in [1.165, 1.54) is 38.4 Å². The number of ether oxygens (including phenoxy) is 1. The Morgan fingerprint density at radius 3 is 2.81 bits per heavy atom. The molecule has 0 saturated carbocycles. The van der Waals surface area contributed by atoms with E-state index in [1.54, 1.807) is 18.2 Å². The number of nitrogens with zero attached hydrogens (tertiary/aromatic N) is 3. The van der Waals surface area contributed by atoms with E-state index < -0.39 is 0 Å². The second kappa shape index (κ2) is 9.21. The zero-order valence-corrected chi connectivity index (χ0v) is 16.0. The third-order valence-electron chi connectivity index (χ3n) is 5.12. The molecular formula is C20H31FN4O. The molecule has 3 rings (SSSR count). The molecule has 5 nitrogen and oxygen atoms in total. The maximum atomic E-state index is 13.7. The van der Waals surface area contributed by atoms with Crippen LogP contribution in [0.2, 0.25) is 0 Å². The van der Waals surface area contributed by atoms with Crippen LogP contribution in [0.4, 0.5) is 4.39 Å². The summed E-state index contributed by atoms with van der Waals surface area (Å²) in [4.78, 5) is 9.72. The van der Waals surface area contributed by atoms with Gasteiger partial charge in [-0.3, -0.25) is 4.90 Å². The summed E-state index contributed by atoms with van der Waals surface area (Å²) in [5.74, 6) is 0.900. The summed E-state index contributed by atoms with van der Waals surface area (Å²) in [6.07, 6.45) is 3.68. The fourth-order valence-electron chi connectivity index (χ4n) is 3.77. The van der Waals surface area contributed by atoms with Crippen molar-refractivity contribution in [3.63, 3.8) is 0 Å². The van der Waals surface area contributed by atoms with Crippen molar-refractivity contribution >= 4 is 5.96 Å². The summed E-state index contributed by atoms with van der Waals surface area (Å²) in [7, 11) is 0. The first-order chi connectivity index (χ1) is 12.7. The number of aliphatic imine (C=N–C) groups is 1. The second-order valence-electron chi connectivity index (χ2n) is 7.19. The van der Waals surface area contributed by atoms with Gasteiger partial charge in [-0.15, -0.1) is 0 Å². The van der Waals surface area contributed by atoms with Gasteiger partial charge < -0.3 is 15.0 Å². The van der Waals surface area contributed by atoms with Gasteiger partial charge >= 0.3 is 0 Å². The third kappa shape index (κ3) is 4.87. The lowest BCUT2D eigenvalue weighted by molar-refractivity contribution is 0.219. The largest absolute Gasteiger partial charge is 0.486 e. The molecule has 144 valence electrons. The average molecular weight is 362 g/mol. The molecule has 1 N–H and O–H groups in total. The van der Waals surface area contributed by atoms with Crippen LogP contribution in [0.25, 0.3) is 0 Å². The zero-order valence-electron chi connectivity index (χ0n) is 16.0. The predicted molar refractivity (Wildman–Crippen MR) is 103 cm³/mol. The van der Waals surface area contributed by atoms with Gasteiger partial charge in [0.1, 0.15) is 6.10 Å². The van der Waals surface area contributed by atoms with Crippen LogP contribution in [-0.2, 0) is 0 Å². The van der Waals surface area contributed by atoms with Crippen molar-refractivity contribution < 1.29 is 9.13 Å². The topological polar surface area (TPSA) is 40.1 Å². The average Bonchev–Trinajstić information content (AvgIpc) is 3.32. The summed E-state index contributed by atoms with van der Waals surface area (Å²) in [6.45, 7) is 9.90. The van der Waals surface area contributed by atoms with Gasteiger partial charge in [0, 0.05) is 25.7 Å². The maximum absolute atomic E-state index is 13.7. The minimum absolute atomic E-state index is 0.183. The quantitative estimate of drug-likeness (QED) is 0.624. The van der Waals surface area contributed by atoms with E-state index in [0.717, 1.165) is 25.6 Å². The highest BCUT2D eigenvalue weighted by Crippen LogP contribution is 2.21. The first-order valence-corrected chi connectivity index (χ1v) is 9.86. The van der Waals surface area contributed by atoms with Crippen LogP contribution in [0.3, 0.4) is 0 Å². The SMILES string of the molecule is CCNC(=NCC(C)Oc1ccccc1F)N1CCC(N2CCCC2)C1. The molecule has 0 aliphatic carbocycles. The Labute approximate surface area is 156 Å². The van der Waals surface area contributed by atoms with Crippen LogP contribution < -0.4 is 10.1 Å². The number of guanidine groups is 1. The van der Waals surface area contributed by atoms with Gasteiger partial charge in [0.15, 0.2) is 17.5 Å². The Morgan fingerprint density at radius 1 is 1.31 bits per heavy atom. The van der Waals surface area contributed by atoms with Crippen molar-refractivity contribution in [1.29, 1.82) is 0 Å². The van der Waals surface area contributed by atoms with E-state index in [-0.39, 0.29) is 17.7 Å². The normalized spacial score (nSPS) is 22.7. The number of hydrogen-bond acceptors (Lipinski definition) is 3. The lowest BCUT2D eigenvalue weighted by Gasteiger charge is -2.25. The van der Waals surface area contributed by atoms with E-state index in [9.17, 15) is 4.39 Å². The lowest BCUT2D eigenvalue weighted by Crippen LogP contribution is -2.43. The summed E-state index contributed by atoms with van der Waals surface area (Å²) in [5, 5.41) is 3.39. The van der Waals surface area contributed by atoms with Gasteiger partial charge in [-0.05, 0) is 58.3 Å². The van der Waals surface area contributed by atoms with E-state index in [1.807, 2.05) is 6.92 Å². The van der Waals surface area contributed by atoms with Crippen molar-refractivity contribution in [2.75, 3.05) is 39.3 Å². The molecule has 0 spiro atoms. The number of rotatable bonds is 6. The van der Waals surface area contributed by atoms with Gasteiger partial charge in [0.25, 0.3) is 0 Å². The van der Waals surface area contributed by atoms with Gasteiger partial charge in [-0.2, -0.15) is 0 Å². The van der Waals surface area contributed by atoms with E-state index >= 15 is 0 Å². The van der Waals surface area contributed by atoms with Crippen LogP contribution in [0.1, 0.15) is 33.1 Å². The molecule has 6 heteroatoms. The van der Waals surface area contributed by atoms with Gasteiger partial charge in [-0.1, -0.05) is 12.1 Å². The molecule has 26 heavy (non-hydrogen) atoms. The number of hydrogen-bond donors (Lipinski definition) is 1. The summed E-state index contributed by atoms with van der Waals surface area (Å²) in [5.41, 5.74) is 0. The van der Waals surface area contributed by atoms with E-state index in [2.05, 4.69) is 22.0 Å². The maximum Gasteiger partial charge on any atom is 0.194 e. The Kier molecular flexibility index (Phi) is 6.72. The number of likely N-dealkylation sites (tertiary alicyclic amines) is 2. The molecule has 2 atom stereocenters. The van der Waals surface area contributed by atoms with Crippen LogP contribution in [0.15, 0.2) is 29.3 Å². The van der Waals surface area contributed by atoms with Crippen LogP contribution in [0, 0.1) is 5.82 Å². The monoisotopic (exact) mass is 362 g/mol. The molecule has 2 aliphatic heterocycles. The molecular weight excluding hydrogens is 331 g/mol. The first-order valence-electron chi connectivity index (χ1n) is 9.86. The minimum Gasteiger partial charge on any atom is -0.486 e. The molecule has 0 bridgehead atoms. The zero-order chi connectivity index (χ0) is 18.4. The standard InChI is InChI=1S/C20H31FN4O/c1-3-22-20(25-13-10-17(15-25)24-11-6-7-12-24)23-14-16(2)26-19-9-5-4-8-18(19)21/h4-5,8-9,16-17H,3,6-7,10-15H2,1-2H3,(H,22,23). The summed E-state index contributed by atoms with van der Waals surface area (Å²) in [6, 6.07) is 7.16. The molecule has 0 aromatic heterocycles. The molecule has 1 aromatic carbocycles. The molecule has 1 aromatic rings. The van der Waals surface area contributed by atoms with E-state index in [4.69, 9.17) is 9.73 Å². The highest BCUT2D eigenvalue weighted by Gasteiger charge is 2.30. The van der Waals surface area contributed by atoms with Gasteiger partial charge in [0.2, 0.25) is 0 Å². The molecule has 2 heterocycles. The predicted octanol–water partition coefficient (Wildman–Crippen LogP) is 2.73. The summed E-state index contributed by atoms with van der Waals surface area (Å²) >= 11 is 0. The fourth-order valence-corrected chi connectivity index (χ4v) is 3.77. The van der Waals surface area contributed by atoms with Gasteiger partial charge in [0.05, 0.1) is 6.54 Å². The molecule has 2 fully saturated rings. The highest BCUT2D eigenvalue weighted by molar-refractivity contribution is 5.80. The highest BCUT2D eigenvalue weighted by atomic mass is 19.1. The van der Waals surface area contributed by atoms with Gasteiger partial charge in [-0.25, -0.2) is 9.38 Å². The van der Waals surface area contributed by atoms with Crippen molar-refractivity contribution in [2.45, 2.75) is 45.3 Å². The molecule has 2 aliphatic rings. The van der Waals surface area contributed by atoms with Crippen LogP contribution in [-0.4, -0.2) is 67.2 Å². The number of para-hydroxylation sites is 1. The first kappa shape index (κ1) is 19.0. The third-order valence-corrected chi connectivity index (χ3v) is 5.12. The lowest BCUT2D eigenvalue weighted by atomic mass is 10.2. The number of nitrogens with one attached hydrogen (secondary N) is 1. The molecule has 2 unspecified atom stereocenters. The van der Waals surface area contributed by atoms with Crippen molar-refractivity contribution in [3.05, 3.63) is 30.1 Å². The molecule has 0 radical (unpaired) electrons. The molecule has 2 saturated heterocycles. The van der Waals surface area contributed by atoms with Crippen LogP contribution >= 0.6 is 0 Å². The van der Waals surface area contributed by atoms with Crippen molar-refractivity contribution in [3.8, 4) is 5.75 Å². The summed E-state index contributed by atoms with van der Waals surface area (Å²) < 4.78 is 19.4. The fraction of sp³-hybridized carbons (Fsp3) is 0.650. The smallest absolute Gasteiger partial charge is 0.194 e. The van der Waals surface area contributed by atoms with Crippen molar-refractivity contribution in [2.24, 2.45) is 4.99 Å². The Bertz CT molecular complexity index is 603. The van der Waals surface area contributed by atoms with Crippen molar-refractivity contribution in [1.82, 2.24) is 15.1 Å². The second-order valence-corrected chi connectivity index (χ2v) is 7.19. The van der Waals surface area contributed by atoms with E-state index in [0.29, 0.717) is 12.6 Å².